The van der Waals surface area contributed by atoms with Crippen molar-refractivity contribution in [2.75, 3.05) is 7.11 Å². The quantitative estimate of drug-likeness (QED) is 0.473. The van der Waals surface area contributed by atoms with Crippen LogP contribution in [0.3, 0.4) is 0 Å². The summed E-state index contributed by atoms with van der Waals surface area (Å²) in [5.41, 5.74) is 4.43. The van der Waals surface area contributed by atoms with Gasteiger partial charge in [0.2, 0.25) is 9.04 Å². The van der Waals surface area contributed by atoms with Crippen LogP contribution < -0.4 is 4.74 Å². The maximum absolute atomic E-state index is 6.15. The van der Waals surface area contributed by atoms with Gasteiger partial charge in [-0.05, 0) is 30.8 Å². The SMILES string of the molecule is COc1ccc(Cn2c(C(C)(C)C)nc(-c3ccccc3)c2CO[Si](C)C)cc1. The van der Waals surface area contributed by atoms with E-state index in [0.717, 1.165) is 35.1 Å². The first kappa shape index (κ1) is 21.3. The lowest BCUT2D eigenvalue weighted by molar-refractivity contribution is 0.302. The molecule has 0 bridgehead atoms. The molecule has 0 saturated heterocycles. The van der Waals surface area contributed by atoms with Crippen LogP contribution in [0.15, 0.2) is 54.6 Å². The van der Waals surface area contributed by atoms with Gasteiger partial charge in [0.25, 0.3) is 0 Å². The molecule has 0 atom stereocenters. The van der Waals surface area contributed by atoms with E-state index < -0.39 is 9.04 Å². The van der Waals surface area contributed by atoms with E-state index >= 15 is 0 Å². The van der Waals surface area contributed by atoms with E-state index in [1.165, 1.54) is 5.56 Å². The monoisotopic (exact) mass is 407 g/mol. The second kappa shape index (κ2) is 8.97. The number of rotatable bonds is 7. The first-order valence-electron chi connectivity index (χ1n) is 10.0. The molecule has 1 heterocycles. The normalized spacial score (nSPS) is 11.8. The topological polar surface area (TPSA) is 36.3 Å². The summed E-state index contributed by atoms with van der Waals surface area (Å²) < 4.78 is 13.8. The zero-order valence-corrected chi connectivity index (χ0v) is 19.3. The van der Waals surface area contributed by atoms with Crippen LogP contribution >= 0.6 is 0 Å². The fourth-order valence-electron chi connectivity index (χ4n) is 3.33. The van der Waals surface area contributed by atoms with Crippen molar-refractivity contribution in [3.8, 4) is 17.0 Å². The minimum absolute atomic E-state index is 0.0829. The average Bonchev–Trinajstić information content (AvgIpc) is 3.06. The Labute approximate surface area is 176 Å². The van der Waals surface area contributed by atoms with Crippen LogP contribution in [0.2, 0.25) is 13.1 Å². The van der Waals surface area contributed by atoms with Gasteiger partial charge < -0.3 is 13.7 Å². The number of hydrogen-bond acceptors (Lipinski definition) is 3. The van der Waals surface area contributed by atoms with Crippen molar-refractivity contribution < 1.29 is 9.16 Å². The highest BCUT2D eigenvalue weighted by Crippen LogP contribution is 2.32. The molecule has 4 nitrogen and oxygen atoms in total. The number of ether oxygens (including phenoxy) is 1. The third-order valence-electron chi connectivity index (χ3n) is 4.79. The zero-order chi connectivity index (χ0) is 21.0. The molecule has 3 aromatic rings. The molecule has 0 unspecified atom stereocenters. The van der Waals surface area contributed by atoms with Crippen LogP contribution in [0, 0.1) is 0 Å². The van der Waals surface area contributed by atoms with Gasteiger partial charge in [-0.25, -0.2) is 4.98 Å². The summed E-state index contributed by atoms with van der Waals surface area (Å²) in [7, 11) is 0.882. The maximum Gasteiger partial charge on any atom is 0.205 e. The van der Waals surface area contributed by atoms with Crippen molar-refractivity contribution in [3.05, 3.63) is 71.7 Å². The third-order valence-corrected chi connectivity index (χ3v) is 5.51. The van der Waals surface area contributed by atoms with E-state index in [9.17, 15) is 0 Å². The van der Waals surface area contributed by atoms with Gasteiger partial charge in [-0.15, -0.1) is 0 Å². The first-order chi connectivity index (χ1) is 13.8. The Kier molecular flexibility index (Phi) is 6.60. The lowest BCUT2D eigenvalue weighted by Crippen LogP contribution is -2.21. The van der Waals surface area contributed by atoms with Crippen molar-refractivity contribution >= 4 is 9.04 Å². The van der Waals surface area contributed by atoms with Gasteiger partial charge in [-0.3, -0.25) is 0 Å². The van der Waals surface area contributed by atoms with Crippen LogP contribution in [0.25, 0.3) is 11.3 Å². The summed E-state index contributed by atoms with van der Waals surface area (Å²) in [6, 6.07) is 18.7. The Hall–Kier alpha value is -2.37. The molecular weight excluding hydrogens is 376 g/mol. The largest absolute Gasteiger partial charge is 0.497 e. The van der Waals surface area contributed by atoms with Crippen molar-refractivity contribution in [3.63, 3.8) is 0 Å². The molecule has 1 radical (unpaired) electrons. The molecule has 153 valence electrons. The second-order valence-corrected chi connectivity index (χ2v) is 10.6. The van der Waals surface area contributed by atoms with Crippen LogP contribution in [-0.2, 0) is 23.0 Å². The van der Waals surface area contributed by atoms with E-state index in [4.69, 9.17) is 14.1 Å². The van der Waals surface area contributed by atoms with Gasteiger partial charge in [-0.1, -0.05) is 63.2 Å². The van der Waals surface area contributed by atoms with E-state index in [1.807, 2.05) is 18.2 Å². The summed E-state index contributed by atoms with van der Waals surface area (Å²) in [5.74, 6) is 1.94. The molecule has 3 rings (SSSR count). The lowest BCUT2D eigenvalue weighted by Gasteiger charge is -2.22. The van der Waals surface area contributed by atoms with Crippen LogP contribution in [0.5, 0.6) is 5.75 Å². The molecule has 0 spiro atoms. The maximum atomic E-state index is 6.15. The number of methoxy groups -OCH3 is 1. The fourth-order valence-corrected chi connectivity index (χ4v) is 3.75. The molecule has 0 N–H and O–H groups in total. The number of hydrogen-bond donors (Lipinski definition) is 0. The molecule has 5 heteroatoms. The summed E-state index contributed by atoms with van der Waals surface area (Å²) >= 11 is 0. The minimum atomic E-state index is -0.811. The molecule has 0 saturated carbocycles. The van der Waals surface area contributed by atoms with Crippen molar-refractivity contribution in [2.45, 2.75) is 52.4 Å². The predicted octanol–water partition coefficient (Wildman–Crippen LogP) is 5.67. The Morgan fingerprint density at radius 3 is 2.17 bits per heavy atom. The number of benzene rings is 2. The molecule has 0 aliphatic heterocycles. The number of aromatic nitrogens is 2. The van der Waals surface area contributed by atoms with Crippen molar-refractivity contribution in [1.82, 2.24) is 9.55 Å². The highest BCUT2D eigenvalue weighted by atomic mass is 28.3. The first-order valence-corrected chi connectivity index (χ1v) is 12.4. The van der Waals surface area contributed by atoms with Gasteiger partial charge in [0, 0.05) is 17.5 Å². The van der Waals surface area contributed by atoms with Gasteiger partial charge in [0.1, 0.15) is 11.6 Å². The molecule has 1 aromatic heterocycles. The lowest BCUT2D eigenvalue weighted by atomic mass is 9.95. The second-order valence-electron chi connectivity index (χ2n) is 8.48. The third kappa shape index (κ3) is 5.17. The molecular formula is C24H31N2O2Si. The average molecular weight is 408 g/mol. The van der Waals surface area contributed by atoms with E-state index in [2.05, 4.69) is 74.8 Å². The smallest absolute Gasteiger partial charge is 0.205 e. The highest BCUT2D eigenvalue weighted by Gasteiger charge is 2.27. The Morgan fingerprint density at radius 1 is 0.966 bits per heavy atom. The van der Waals surface area contributed by atoms with Crippen LogP contribution in [0.4, 0.5) is 0 Å². The van der Waals surface area contributed by atoms with Crippen LogP contribution in [-0.4, -0.2) is 25.7 Å². The molecule has 0 aliphatic rings. The summed E-state index contributed by atoms with van der Waals surface area (Å²) in [5, 5.41) is 0. The molecule has 0 fully saturated rings. The summed E-state index contributed by atoms with van der Waals surface area (Å²) in [6.07, 6.45) is 0. The minimum Gasteiger partial charge on any atom is -0.497 e. The summed E-state index contributed by atoms with van der Waals surface area (Å²) in [4.78, 5) is 5.13. The number of imidazole rings is 1. The van der Waals surface area contributed by atoms with E-state index in [1.54, 1.807) is 7.11 Å². The highest BCUT2D eigenvalue weighted by molar-refractivity contribution is 6.48. The standard InChI is InChI=1S/C24H31N2O2Si/c1-24(2,3)23-25-22(19-10-8-7-9-11-19)21(17-28-29(5)6)26(23)16-18-12-14-20(27-4)15-13-18/h7-15H,16-17H2,1-6H3. The molecule has 0 amide bonds. The number of nitrogens with zero attached hydrogens (tertiary/aromatic N) is 2. The zero-order valence-electron chi connectivity index (χ0n) is 18.3. The molecule has 0 aliphatic carbocycles. The molecule has 29 heavy (non-hydrogen) atoms. The van der Waals surface area contributed by atoms with E-state index in [-0.39, 0.29) is 5.41 Å². The van der Waals surface area contributed by atoms with Crippen molar-refractivity contribution in [1.29, 1.82) is 0 Å². The summed E-state index contributed by atoms with van der Waals surface area (Å²) in [6.45, 7) is 12.3. The Morgan fingerprint density at radius 2 is 1.62 bits per heavy atom. The van der Waals surface area contributed by atoms with Gasteiger partial charge in [0.15, 0.2) is 0 Å². The van der Waals surface area contributed by atoms with Gasteiger partial charge >= 0.3 is 0 Å². The Balaban J connectivity index is 2.12. The van der Waals surface area contributed by atoms with Crippen LogP contribution in [0.1, 0.15) is 37.9 Å². The fraction of sp³-hybridized carbons (Fsp3) is 0.375. The molecule has 2 aromatic carbocycles. The van der Waals surface area contributed by atoms with Gasteiger partial charge in [-0.2, -0.15) is 0 Å². The van der Waals surface area contributed by atoms with E-state index in [0.29, 0.717) is 6.61 Å². The van der Waals surface area contributed by atoms with Crippen molar-refractivity contribution in [2.24, 2.45) is 0 Å². The Bertz CT molecular complexity index is 926. The van der Waals surface area contributed by atoms with Gasteiger partial charge in [0.05, 0.1) is 25.1 Å². The predicted molar refractivity (Wildman–Crippen MR) is 121 cm³/mol.